The van der Waals surface area contributed by atoms with Crippen LogP contribution in [0.25, 0.3) is 5.70 Å². The van der Waals surface area contributed by atoms with Gasteiger partial charge in [-0.05, 0) is 38.1 Å². The molecule has 0 saturated carbocycles. The van der Waals surface area contributed by atoms with Crippen LogP contribution >= 0.6 is 15.9 Å². The number of aliphatic imine (C=N–C) groups is 1. The monoisotopic (exact) mass is 361 g/mol. The van der Waals surface area contributed by atoms with Gasteiger partial charge < -0.3 is 10.0 Å². The molecule has 0 aliphatic carbocycles. The van der Waals surface area contributed by atoms with E-state index in [0.29, 0.717) is 17.2 Å². The maximum absolute atomic E-state index is 11.3. The molecule has 0 fully saturated rings. The van der Waals surface area contributed by atoms with Crippen LogP contribution < -0.4 is 0 Å². The molecule has 1 aliphatic heterocycles. The van der Waals surface area contributed by atoms with Gasteiger partial charge in [0.15, 0.2) is 5.71 Å². The lowest BCUT2D eigenvalue weighted by Crippen LogP contribution is -2.25. The molecule has 0 radical (unpaired) electrons. The Hall–Kier alpha value is -2.21. The van der Waals surface area contributed by atoms with Crippen molar-refractivity contribution >= 4 is 33.3 Å². The molecule has 0 atom stereocenters. The molecule has 114 valence electrons. The van der Waals surface area contributed by atoms with Gasteiger partial charge in [0, 0.05) is 17.7 Å². The summed E-state index contributed by atoms with van der Waals surface area (Å²) in [5.41, 5.74) is 2.44. The first-order valence-corrected chi connectivity index (χ1v) is 7.43. The maximum Gasteiger partial charge on any atom is 0.354 e. The van der Waals surface area contributed by atoms with Crippen molar-refractivity contribution in [2.45, 2.75) is 13.8 Å². The molecule has 6 heteroatoms. The number of carbonyl (C=O) groups is 1. The number of halogens is 1. The second-order valence-electron chi connectivity index (χ2n) is 4.96. The second kappa shape index (κ2) is 6.70. The van der Waals surface area contributed by atoms with Crippen molar-refractivity contribution in [3.8, 4) is 0 Å². The number of nitrogens with zero attached hydrogens (tertiary/aromatic N) is 3. The zero-order valence-electron chi connectivity index (χ0n) is 12.5. The summed E-state index contributed by atoms with van der Waals surface area (Å²) in [6, 6.07) is 5.51. The highest BCUT2D eigenvalue weighted by atomic mass is 79.9. The fourth-order valence-corrected chi connectivity index (χ4v) is 2.04. The smallest absolute Gasteiger partial charge is 0.354 e. The molecule has 0 saturated heterocycles. The first-order chi connectivity index (χ1) is 10.4. The number of aliphatic carboxylic acids is 1. The highest BCUT2D eigenvalue weighted by molar-refractivity contribution is 9.11. The van der Waals surface area contributed by atoms with Crippen LogP contribution in [-0.2, 0) is 4.79 Å². The average molecular weight is 362 g/mol. The third-order valence-corrected chi connectivity index (χ3v) is 4.12. The van der Waals surface area contributed by atoms with E-state index in [2.05, 4.69) is 25.9 Å². The van der Waals surface area contributed by atoms with E-state index in [1.807, 2.05) is 44.0 Å². The van der Waals surface area contributed by atoms with Gasteiger partial charge in [-0.3, -0.25) is 4.98 Å². The quantitative estimate of drug-likeness (QED) is 0.895. The Labute approximate surface area is 137 Å². The molecule has 1 aliphatic rings. The number of hydrogen-bond donors (Lipinski definition) is 1. The summed E-state index contributed by atoms with van der Waals surface area (Å²) < 4.78 is 0.866. The number of aromatic nitrogens is 1. The van der Waals surface area contributed by atoms with E-state index in [4.69, 9.17) is 0 Å². The van der Waals surface area contributed by atoms with Crippen LogP contribution in [0.2, 0.25) is 0 Å². The highest BCUT2D eigenvalue weighted by Crippen LogP contribution is 2.27. The van der Waals surface area contributed by atoms with Gasteiger partial charge in [-0.1, -0.05) is 27.6 Å². The van der Waals surface area contributed by atoms with Gasteiger partial charge in [0.25, 0.3) is 0 Å². The van der Waals surface area contributed by atoms with E-state index in [1.165, 1.54) is 6.08 Å². The van der Waals surface area contributed by atoms with Crippen LogP contribution in [0, 0.1) is 0 Å². The minimum Gasteiger partial charge on any atom is -0.477 e. The zero-order chi connectivity index (χ0) is 16.3. The first kappa shape index (κ1) is 16.2. The largest absolute Gasteiger partial charge is 0.477 e. The van der Waals surface area contributed by atoms with E-state index < -0.39 is 5.97 Å². The third kappa shape index (κ3) is 3.51. The molecule has 0 amide bonds. The predicted octanol–water partition coefficient (Wildman–Crippen LogP) is 3.42. The van der Waals surface area contributed by atoms with Crippen LogP contribution in [-0.4, -0.2) is 33.7 Å². The van der Waals surface area contributed by atoms with E-state index in [-0.39, 0.29) is 5.71 Å². The molecule has 0 unspecified atom stereocenters. The number of carboxylic acid groups (broad SMARTS) is 1. The average Bonchev–Trinajstić information content (AvgIpc) is 2.49. The lowest BCUT2D eigenvalue weighted by atomic mass is 10.1. The van der Waals surface area contributed by atoms with Gasteiger partial charge in [-0.2, -0.15) is 0 Å². The fourth-order valence-electron chi connectivity index (χ4n) is 1.84. The van der Waals surface area contributed by atoms with E-state index in [1.54, 1.807) is 12.3 Å². The summed E-state index contributed by atoms with van der Waals surface area (Å²) in [7, 11) is 1.83. The Morgan fingerprint density at radius 3 is 2.64 bits per heavy atom. The Morgan fingerprint density at radius 1 is 1.36 bits per heavy atom. The van der Waals surface area contributed by atoms with Crippen molar-refractivity contribution in [1.82, 2.24) is 9.88 Å². The Balaban J connectivity index is 2.55. The lowest BCUT2D eigenvalue weighted by Gasteiger charge is -2.26. The minimum absolute atomic E-state index is 0.0148. The minimum atomic E-state index is -1.07. The zero-order valence-corrected chi connectivity index (χ0v) is 14.1. The summed E-state index contributed by atoms with van der Waals surface area (Å²) in [5, 5.41) is 9.29. The van der Waals surface area contributed by atoms with E-state index in [9.17, 15) is 9.90 Å². The van der Waals surface area contributed by atoms with E-state index >= 15 is 0 Å². The Kier molecular flexibility index (Phi) is 4.92. The summed E-state index contributed by atoms with van der Waals surface area (Å²) in [5.74, 6) is -0.533. The molecule has 1 N–H and O–H groups in total. The topological polar surface area (TPSA) is 65.8 Å². The van der Waals surface area contributed by atoms with Crippen LogP contribution in [0.5, 0.6) is 0 Å². The number of hydrogen-bond acceptors (Lipinski definition) is 4. The summed E-state index contributed by atoms with van der Waals surface area (Å²) >= 11 is 3.46. The SMILES string of the molecule is CC(C)=C(Br)/C=C1/N=C(C(=O)O)C=C(c2ccccn2)N1C. The van der Waals surface area contributed by atoms with Gasteiger partial charge in [0.05, 0.1) is 11.4 Å². The Morgan fingerprint density at radius 2 is 2.09 bits per heavy atom. The van der Waals surface area contributed by atoms with Crippen LogP contribution in [0.3, 0.4) is 0 Å². The van der Waals surface area contributed by atoms with Crippen molar-refractivity contribution in [1.29, 1.82) is 0 Å². The maximum atomic E-state index is 11.3. The van der Waals surface area contributed by atoms with Crippen molar-refractivity contribution in [3.63, 3.8) is 0 Å². The van der Waals surface area contributed by atoms with Crippen molar-refractivity contribution in [2.75, 3.05) is 7.05 Å². The summed E-state index contributed by atoms with van der Waals surface area (Å²) in [4.78, 5) is 21.6. The van der Waals surface area contributed by atoms with Gasteiger partial charge in [0.2, 0.25) is 0 Å². The van der Waals surface area contributed by atoms with Gasteiger partial charge >= 0.3 is 5.97 Å². The van der Waals surface area contributed by atoms with Crippen molar-refractivity contribution in [2.24, 2.45) is 4.99 Å². The molecule has 2 heterocycles. The van der Waals surface area contributed by atoms with Crippen molar-refractivity contribution < 1.29 is 9.90 Å². The van der Waals surface area contributed by atoms with Crippen molar-refractivity contribution in [3.05, 3.63) is 58.1 Å². The molecular weight excluding hydrogens is 346 g/mol. The molecule has 5 nitrogen and oxygen atoms in total. The number of carboxylic acids is 1. The molecule has 0 spiro atoms. The number of allylic oxidation sites excluding steroid dienone is 3. The Bertz CT molecular complexity index is 714. The fraction of sp³-hybridized carbons (Fsp3) is 0.188. The lowest BCUT2D eigenvalue weighted by molar-refractivity contribution is -0.129. The normalized spacial score (nSPS) is 16.2. The van der Waals surface area contributed by atoms with Gasteiger partial charge in [-0.25, -0.2) is 9.79 Å². The highest BCUT2D eigenvalue weighted by Gasteiger charge is 2.22. The third-order valence-electron chi connectivity index (χ3n) is 3.09. The number of rotatable bonds is 3. The predicted molar refractivity (Wildman–Crippen MR) is 90.4 cm³/mol. The first-order valence-electron chi connectivity index (χ1n) is 6.63. The molecule has 1 aromatic heterocycles. The molecule has 22 heavy (non-hydrogen) atoms. The molecular formula is C16H16BrN3O2. The second-order valence-corrected chi connectivity index (χ2v) is 5.81. The van der Waals surface area contributed by atoms with Gasteiger partial charge in [-0.15, -0.1) is 0 Å². The summed E-state index contributed by atoms with van der Waals surface area (Å²) in [6.45, 7) is 3.92. The van der Waals surface area contributed by atoms with Crippen LogP contribution in [0.4, 0.5) is 0 Å². The van der Waals surface area contributed by atoms with E-state index in [0.717, 1.165) is 10.1 Å². The molecule has 0 aromatic carbocycles. The standard InChI is InChI=1S/C16H16BrN3O2/c1-10(2)11(17)8-15-19-13(16(21)22)9-14(20(15)3)12-6-4-5-7-18-12/h4-9H,1-3H3,(H,21,22)/b15-8-. The van der Waals surface area contributed by atoms with Crippen LogP contribution in [0.1, 0.15) is 19.5 Å². The number of pyridine rings is 1. The van der Waals surface area contributed by atoms with Crippen LogP contribution in [0.15, 0.2) is 57.4 Å². The molecule has 0 bridgehead atoms. The molecule has 1 aromatic rings. The molecule has 2 rings (SSSR count). The van der Waals surface area contributed by atoms with Gasteiger partial charge in [0.1, 0.15) is 5.82 Å². The summed E-state index contributed by atoms with van der Waals surface area (Å²) in [6.07, 6.45) is 5.00.